The Kier molecular flexibility index (Phi) is 3.81. The van der Waals surface area contributed by atoms with Gasteiger partial charge in [0.25, 0.3) is 0 Å². The number of nitrogens with zero attached hydrogens (tertiary/aromatic N) is 2. The molecule has 0 unspecified atom stereocenters. The van der Waals surface area contributed by atoms with Crippen LogP contribution >= 0.6 is 0 Å². The Hall–Kier alpha value is -1.16. The van der Waals surface area contributed by atoms with E-state index in [9.17, 15) is 0 Å². The molecule has 19 heavy (non-hydrogen) atoms. The van der Waals surface area contributed by atoms with Crippen LogP contribution in [0.15, 0.2) is 6.07 Å². The Labute approximate surface area is 116 Å². The summed E-state index contributed by atoms with van der Waals surface area (Å²) in [6, 6.07) is 1.96. The quantitative estimate of drug-likeness (QED) is 0.909. The van der Waals surface area contributed by atoms with Gasteiger partial charge >= 0.3 is 0 Å². The van der Waals surface area contributed by atoms with E-state index < -0.39 is 0 Å². The molecule has 1 aliphatic rings. The minimum Gasteiger partial charge on any atom is -0.373 e. The number of hydrogen-bond acceptors (Lipinski definition) is 4. The van der Waals surface area contributed by atoms with Crippen LogP contribution in [0.5, 0.6) is 0 Å². The molecule has 0 amide bonds. The van der Waals surface area contributed by atoms with Crippen LogP contribution in [0.3, 0.4) is 0 Å². The maximum Gasteiger partial charge on any atom is 0.162 e. The first-order valence-electron chi connectivity index (χ1n) is 7.00. The predicted octanol–water partition coefficient (Wildman–Crippen LogP) is 3.27. The SMILES string of the molecule is CNc1cc(C)nc(C2(OC)CCC(C)(C)CC2)n1. The van der Waals surface area contributed by atoms with Crippen molar-refractivity contribution in [3.63, 3.8) is 0 Å². The third kappa shape index (κ3) is 2.89. The van der Waals surface area contributed by atoms with E-state index in [1.54, 1.807) is 7.11 Å². The lowest BCUT2D eigenvalue weighted by Crippen LogP contribution is -2.38. The fourth-order valence-corrected chi connectivity index (χ4v) is 2.75. The number of rotatable bonds is 3. The second-order valence-corrected chi connectivity index (χ2v) is 6.33. The molecule has 1 N–H and O–H groups in total. The van der Waals surface area contributed by atoms with Gasteiger partial charge in [-0.3, -0.25) is 0 Å². The lowest BCUT2D eigenvalue weighted by atomic mass is 9.70. The maximum atomic E-state index is 5.86. The van der Waals surface area contributed by atoms with Gasteiger partial charge in [0.05, 0.1) is 0 Å². The highest BCUT2D eigenvalue weighted by atomic mass is 16.5. The summed E-state index contributed by atoms with van der Waals surface area (Å²) >= 11 is 0. The second-order valence-electron chi connectivity index (χ2n) is 6.33. The molecule has 0 bridgehead atoms. The number of aryl methyl sites for hydroxylation is 1. The number of anilines is 1. The van der Waals surface area contributed by atoms with Gasteiger partial charge in [-0.1, -0.05) is 13.8 Å². The monoisotopic (exact) mass is 263 g/mol. The largest absolute Gasteiger partial charge is 0.373 e. The summed E-state index contributed by atoms with van der Waals surface area (Å²) in [4.78, 5) is 9.24. The number of hydrogen-bond donors (Lipinski definition) is 1. The Morgan fingerprint density at radius 3 is 2.32 bits per heavy atom. The Morgan fingerprint density at radius 2 is 1.79 bits per heavy atom. The molecule has 1 aromatic rings. The Morgan fingerprint density at radius 1 is 1.16 bits per heavy atom. The molecule has 0 aromatic carbocycles. The molecule has 4 heteroatoms. The molecule has 1 saturated carbocycles. The maximum absolute atomic E-state index is 5.86. The minimum absolute atomic E-state index is 0.312. The lowest BCUT2D eigenvalue weighted by molar-refractivity contribution is -0.0729. The summed E-state index contributed by atoms with van der Waals surface area (Å²) < 4.78 is 5.86. The molecule has 1 aliphatic carbocycles. The Bertz CT molecular complexity index is 447. The molecule has 1 aromatic heterocycles. The van der Waals surface area contributed by atoms with Crippen molar-refractivity contribution in [2.75, 3.05) is 19.5 Å². The summed E-state index contributed by atoms with van der Waals surface area (Å²) in [7, 11) is 3.66. The highest BCUT2D eigenvalue weighted by Crippen LogP contribution is 2.46. The Balaban J connectivity index is 2.34. The molecule has 106 valence electrons. The zero-order valence-electron chi connectivity index (χ0n) is 12.7. The molecule has 0 atom stereocenters. The summed E-state index contributed by atoms with van der Waals surface area (Å²) in [5.41, 5.74) is 1.07. The number of ether oxygens (including phenoxy) is 1. The van der Waals surface area contributed by atoms with Crippen molar-refractivity contribution in [2.45, 2.75) is 52.1 Å². The van der Waals surface area contributed by atoms with Crippen LogP contribution in [-0.2, 0) is 10.3 Å². The fraction of sp³-hybridized carbons (Fsp3) is 0.733. The summed E-state index contributed by atoms with van der Waals surface area (Å²) in [5.74, 6) is 1.69. The van der Waals surface area contributed by atoms with Gasteiger partial charge in [0, 0.05) is 25.9 Å². The van der Waals surface area contributed by atoms with E-state index in [1.807, 2.05) is 20.0 Å². The molecule has 0 saturated heterocycles. The fourth-order valence-electron chi connectivity index (χ4n) is 2.75. The molecular formula is C15H25N3O. The number of nitrogens with one attached hydrogen (secondary N) is 1. The first-order valence-corrected chi connectivity index (χ1v) is 7.00. The average molecular weight is 263 g/mol. The van der Waals surface area contributed by atoms with Gasteiger partial charge in [-0.05, 0) is 38.0 Å². The second kappa shape index (κ2) is 5.08. The number of methoxy groups -OCH3 is 1. The first kappa shape index (κ1) is 14.3. The van der Waals surface area contributed by atoms with Gasteiger partial charge < -0.3 is 10.1 Å². The molecule has 1 heterocycles. The zero-order valence-corrected chi connectivity index (χ0v) is 12.7. The van der Waals surface area contributed by atoms with Crippen LogP contribution in [0.25, 0.3) is 0 Å². The highest BCUT2D eigenvalue weighted by Gasteiger charge is 2.42. The van der Waals surface area contributed by atoms with Crippen molar-refractivity contribution < 1.29 is 4.74 Å². The minimum atomic E-state index is -0.312. The van der Waals surface area contributed by atoms with Crippen LogP contribution < -0.4 is 5.32 Å². The predicted molar refractivity (Wildman–Crippen MR) is 77.3 cm³/mol. The summed E-state index contributed by atoms with van der Waals surface area (Å²) in [6.07, 6.45) is 4.27. The zero-order chi connectivity index (χ0) is 14.1. The van der Waals surface area contributed by atoms with E-state index in [4.69, 9.17) is 4.74 Å². The normalized spacial score (nSPS) is 21.1. The lowest BCUT2D eigenvalue weighted by Gasteiger charge is -2.41. The molecular weight excluding hydrogens is 238 g/mol. The molecule has 0 spiro atoms. The number of aromatic nitrogens is 2. The van der Waals surface area contributed by atoms with E-state index in [1.165, 1.54) is 0 Å². The van der Waals surface area contributed by atoms with E-state index in [0.717, 1.165) is 43.0 Å². The molecule has 4 nitrogen and oxygen atoms in total. The molecule has 2 rings (SSSR count). The molecule has 0 radical (unpaired) electrons. The van der Waals surface area contributed by atoms with Crippen molar-refractivity contribution in [2.24, 2.45) is 5.41 Å². The van der Waals surface area contributed by atoms with Crippen molar-refractivity contribution >= 4 is 5.82 Å². The van der Waals surface area contributed by atoms with E-state index in [2.05, 4.69) is 29.1 Å². The third-order valence-electron chi connectivity index (χ3n) is 4.32. The van der Waals surface area contributed by atoms with E-state index in [-0.39, 0.29) is 5.60 Å². The van der Waals surface area contributed by atoms with Crippen LogP contribution in [0.1, 0.15) is 51.0 Å². The van der Waals surface area contributed by atoms with Gasteiger partial charge in [-0.15, -0.1) is 0 Å². The third-order valence-corrected chi connectivity index (χ3v) is 4.32. The van der Waals surface area contributed by atoms with Crippen LogP contribution in [-0.4, -0.2) is 24.1 Å². The van der Waals surface area contributed by atoms with Gasteiger partial charge in [0.1, 0.15) is 11.4 Å². The van der Waals surface area contributed by atoms with Crippen molar-refractivity contribution in [3.8, 4) is 0 Å². The summed E-state index contributed by atoms with van der Waals surface area (Å²) in [6.45, 7) is 6.65. The average Bonchev–Trinajstić information content (AvgIpc) is 2.38. The molecule has 1 fully saturated rings. The van der Waals surface area contributed by atoms with E-state index >= 15 is 0 Å². The first-order chi connectivity index (χ1) is 8.91. The van der Waals surface area contributed by atoms with Gasteiger partial charge in [-0.2, -0.15) is 0 Å². The molecule has 0 aliphatic heterocycles. The summed E-state index contributed by atoms with van der Waals surface area (Å²) in [5, 5.41) is 3.10. The van der Waals surface area contributed by atoms with E-state index in [0.29, 0.717) is 5.41 Å². The van der Waals surface area contributed by atoms with Crippen molar-refractivity contribution in [3.05, 3.63) is 17.6 Å². The topological polar surface area (TPSA) is 47.0 Å². The van der Waals surface area contributed by atoms with Gasteiger partial charge in [0.2, 0.25) is 0 Å². The van der Waals surface area contributed by atoms with Gasteiger partial charge in [-0.25, -0.2) is 9.97 Å². The standard InChI is InChI=1S/C15H25N3O/c1-11-10-12(16-4)18-13(17-11)15(19-5)8-6-14(2,3)7-9-15/h10H,6-9H2,1-5H3,(H,16,17,18). The van der Waals surface area contributed by atoms with Gasteiger partial charge in [0.15, 0.2) is 5.82 Å². The smallest absolute Gasteiger partial charge is 0.162 e. The van der Waals surface area contributed by atoms with Crippen LogP contribution in [0.4, 0.5) is 5.82 Å². The highest BCUT2D eigenvalue weighted by molar-refractivity contribution is 5.35. The van der Waals surface area contributed by atoms with Crippen LogP contribution in [0.2, 0.25) is 0 Å². The van der Waals surface area contributed by atoms with Crippen LogP contribution in [0, 0.1) is 12.3 Å². The van der Waals surface area contributed by atoms with Crippen molar-refractivity contribution in [1.82, 2.24) is 9.97 Å². The van der Waals surface area contributed by atoms with Crippen molar-refractivity contribution in [1.29, 1.82) is 0 Å².